The van der Waals surface area contributed by atoms with E-state index < -0.39 is 6.29 Å². The van der Waals surface area contributed by atoms with Gasteiger partial charge in [0.2, 0.25) is 11.8 Å². The maximum absolute atomic E-state index is 12.5. The second-order valence-corrected chi connectivity index (χ2v) is 13.4. The van der Waals surface area contributed by atoms with E-state index >= 15 is 0 Å². The number of unbranched alkanes of at least 4 members (excludes halogenated alkanes) is 2. The molecule has 4 atom stereocenters. The summed E-state index contributed by atoms with van der Waals surface area (Å²) in [6.07, 6.45) is 2.28. The first-order valence-electron chi connectivity index (χ1n) is 16.8. The number of carbonyl (C=O) groups is 2. The highest BCUT2D eigenvalue weighted by molar-refractivity contribution is 7.99. The molecule has 0 aromatic heterocycles. The summed E-state index contributed by atoms with van der Waals surface area (Å²) in [6, 6.07) is 34.8. The molecule has 0 spiro atoms. The van der Waals surface area contributed by atoms with Crippen LogP contribution in [0.4, 0.5) is 0 Å². The molecule has 1 fully saturated rings. The Morgan fingerprint density at radius 2 is 1.50 bits per heavy atom. The number of rotatable bonds is 15. The van der Waals surface area contributed by atoms with Crippen LogP contribution in [-0.4, -0.2) is 35.3 Å². The number of nitrogens with one attached hydrogen (secondary N) is 2. The molecule has 8 heteroatoms. The highest BCUT2D eigenvalue weighted by Gasteiger charge is 2.38. The lowest BCUT2D eigenvalue weighted by molar-refractivity contribution is -0.268. The molecule has 3 N–H and O–H groups in total. The Hall–Kier alpha value is -3.95. The molecule has 0 saturated carbocycles. The molecule has 1 aliphatic rings. The number of ether oxygens (including phenoxy) is 2. The minimum Gasteiger partial charge on any atom is -0.392 e. The molecule has 4 aromatic carbocycles. The van der Waals surface area contributed by atoms with Crippen LogP contribution >= 0.6 is 11.8 Å². The van der Waals surface area contributed by atoms with Gasteiger partial charge in [0, 0.05) is 48.6 Å². The first kappa shape index (κ1) is 35.4. The van der Waals surface area contributed by atoms with Crippen molar-refractivity contribution in [2.24, 2.45) is 5.92 Å². The van der Waals surface area contributed by atoms with E-state index in [1.807, 2.05) is 48.5 Å². The smallest absolute Gasteiger partial charge is 0.220 e. The predicted molar refractivity (Wildman–Crippen MR) is 191 cm³/mol. The van der Waals surface area contributed by atoms with Crippen LogP contribution in [0.5, 0.6) is 0 Å². The van der Waals surface area contributed by atoms with E-state index in [0.29, 0.717) is 19.5 Å². The summed E-state index contributed by atoms with van der Waals surface area (Å²) in [5, 5.41) is 15.4. The van der Waals surface area contributed by atoms with Crippen molar-refractivity contribution in [1.82, 2.24) is 10.6 Å². The molecule has 0 aliphatic carbocycles. The minimum atomic E-state index is -0.535. The quantitative estimate of drug-likeness (QED) is 0.0888. The van der Waals surface area contributed by atoms with E-state index in [2.05, 4.69) is 72.2 Å². The van der Waals surface area contributed by atoms with E-state index in [4.69, 9.17) is 9.47 Å². The SMILES string of the molecule is CC(=O)NCCCCCC(=O)NCc1ccccc1-c1ccc([C@@H]2O[C@H](CSc3ccccc3)[C@H](C)[C@H](c3ccc(CO)cc3)O2)cc1. The van der Waals surface area contributed by atoms with Crippen LogP contribution in [-0.2, 0) is 32.2 Å². The van der Waals surface area contributed by atoms with Gasteiger partial charge < -0.3 is 25.2 Å². The molecule has 7 nitrogen and oxygen atoms in total. The average molecular weight is 667 g/mol. The summed E-state index contributed by atoms with van der Waals surface area (Å²) in [6.45, 7) is 4.80. The van der Waals surface area contributed by atoms with Crippen LogP contribution in [0.1, 0.15) is 74.2 Å². The standard InChI is InChI=1S/C40H46N2O5S/c1-28-37(27-48-35-12-5-3-6-13-35)46-40(47-39(28)32-18-16-30(26-43)17-19-32)33-22-20-31(21-23-33)36-14-9-8-11-34(36)25-42-38(45)15-7-4-10-24-41-29(2)44/h3,5-6,8-9,11-14,16-23,28,37,39-40,43H,4,7,10,15,24-27H2,1-2H3,(H,41,44)(H,42,45)/t28-,37+,39+,40+/m0/s1. The number of carbonyl (C=O) groups excluding carboxylic acids is 2. The normalized spacial score (nSPS) is 19.1. The van der Waals surface area contributed by atoms with E-state index in [-0.39, 0.29) is 36.5 Å². The Labute approximate surface area is 288 Å². The lowest BCUT2D eigenvalue weighted by Gasteiger charge is -2.41. The highest BCUT2D eigenvalue weighted by atomic mass is 32.2. The van der Waals surface area contributed by atoms with Crippen molar-refractivity contribution in [3.8, 4) is 11.1 Å². The molecular weight excluding hydrogens is 621 g/mol. The van der Waals surface area contributed by atoms with Crippen LogP contribution in [0.3, 0.4) is 0 Å². The van der Waals surface area contributed by atoms with Gasteiger partial charge in [0.05, 0.1) is 18.8 Å². The summed E-state index contributed by atoms with van der Waals surface area (Å²) in [7, 11) is 0. The molecule has 252 valence electrons. The van der Waals surface area contributed by atoms with Gasteiger partial charge in [-0.2, -0.15) is 0 Å². The van der Waals surface area contributed by atoms with E-state index in [1.165, 1.54) is 11.8 Å². The van der Waals surface area contributed by atoms with Crippen molar-refractivity contribution in [2.75, 3.05) is 12.3 Å². The molecule has 1 heterocycles. The maximum atomic E-state index is 12.5. The van der Waals surface area contributed by atoms with E-state index in [0.717, 1.165) is 58.4 Å². The van der Waals surface area contributed by atoms with Crippen LogP contribution in [0.15, 0.2) is 108 Å². The van der Waals surface area contributed by atoms with E-state index in [9.17, 15) is 14.7 Å². The molecule has 1 aliphatic heterocycles. The molecule has 0 radical (unpaired) electrons. The number of benzene rings is 4. The molecule has 5 rings (SSSR count). The van der Waals surface area contributed by atoms with Gasteiger partial charge in [-0.05, 0) is 52.8 Å². The van der Waals surface area contributed by atoms with Crippen LogP contribution < -0.4 is 10.6 Å². The van der Waals surface area contributed by atoms with Gasteiger partial charge in [-0.15, -0.1) is 11.8 Å². The molecule has 0 bridgehead atoms. The zero-order valence-electron chi connectivity index (χ0n) is 27.8. The topological polar surface area (TPSA) is 96.9 Å². The summed E-state index contributed by atoms with van der Waals surface area (Å²) >= 11 is 1.79. The monoisotopic (exact) mass is 666 g/mol. The molecule has 4 aromatic rings. The fraction of sp³-hybridized carbons (Fsp3) is 0.350. The number of aliphatic hydroxyl groups is 1. The van der Waals surface area contributed by atoms with Crippen LogP contribution in [0.25, 0.3) is 11.1 Å². The maximum Gasteiger partial charge on any atom is 0.220 e. The molecular formula is C40H46N2O5S. The van der Waals surface area contributed by atoms with Gasteiger partial charge in [0.25, 0.3) is 0 Å². The van der Waals surface area contributed by atoms with Crippen molar-refractivity contribution in [3.05, 3.63) is 125 Å². The molecule has 48 heavy (non-hydrogen) atoms. The van der Waals surface area contributed by atoms with Crippen LogP contribution in [0, 0.1) is 5.92 Å². The van der Waals surface area contributed by atoms with Gasteiger partial charge in [-0.3, -0.25) is 9.59 Å². The summed E-state index contributed by atoms with van der Waals surface area (Å²) in [4.78, 5) is 24.7. The molecule has 2 amide bonds. The first-order valence-corrected chi connectivity index (χ1v) is 17.8. The van der Waals surface area contributed by atoms with Gasteiger partial charge in [-0.25, -0.2) is 0 Å². The number of thioether (sulfide) groups is 1. The number of hydrogen-bond donors (Lipinski definition) is 3. The Morgan fingerprint density at radius 3 is 2.23 bits per heavy atom. The fourth-order valence-electron chi connectivity index (χ4n) is 5.91. The Bertz CT molecular complexity index is 1600. The highest BCUT2D eigenvalue weighted by Crippen LogP contribution is 2.43. The summed E-state index contributed by atoms with van der Waals surface area (Å²) < 4.78 is 13.3. The summed E-state index contributed by atoms with van der Waals surface area (Å²) in [5.74, 6) is 0.914. The van der Waals surface area contributed by atoms with Crippen molar-refractivity contribution in [3.63, 3.8) is 0 Å². The number of amides is 2. The van der Waals surface area contributed by atoms with Gasteiger partial charge in [0.15, 0.2) is 6.29 Å². The average Bonchev–Trinajstić information content (AvgIpc) is 3.12. The Kier molecular flexibility index (Phi) is 13.3. The lowest BCUT2D eigenvalue weighted by Crippen LogP contribution is -2.38. The summed E-state index contributed by atoms with van der Waals surface area (Å²) in [5.41, 5.74) is 6.06. The zero-order valence-corrected chi connectivity index (χ0v) is 28.6. The molecule has 1 saturated heterocycles. The molecule has 0 unspecified atom stereocenters. The third-order valence-corrected chi connectivity index (χ3v) is 9.82. The van der Waals surface area contributed by atoms with Crippen molar-refractivity contribution >= 4 is 23.6 Å². The van der Waals surface area contributed by atoms with Gasteiger partial charge in [0.1, 0.15) is 0 Å². The Morgan fingerprint density at radius 1 is 0.792 bits per heavy atom. The van der Waals surface area contributed by atoms with Crippen molar-refractivity contribution in [2.45, 2.75) is 76.1 Å². The third-order valence-electron chi connectivity index (χ3n) is 8.72. The van der Waals surface area contributed by atoms with Crippen molar-refractivity contribution < 1.29 is 24.2 Å². The first-order chi connectivity index (χ1) is 23.4. The number of hydrogen-bond acceptors (Lipinski definition) is 6. The number of aliphatic hydroxyl groups excluding tert-OH is 1. The fourth-order valence-corrected chi connectivity index (χ4v) is 7.00. The lowest BCUT2D eigenvalue weighted by atomic mass is 9.91. The van der Waals surface area contributed by atoms with Crippen molar-refractivity contribution in [1.29, 1.82) is 0 Å². The zero-order chi connectivity index (χ0) is 33.7. The third kappa shape index (κ3) is 10.0. The van der Waals surface area contributed by atoms with E-state index in [1.54, 1.807) is 11.8 Å². The van der Waals surface area contributed by atoms with Crippen LogP contribution in [0.2, 0.25) is 0 Å². The predicted octanol–water partition coefficient (Wildman–Crippen LogP) is 7.74. The largest absolute Gasteiger partial charge is 0.392 e. The second kappa shape index (κ2) is 18.0. The Balaban J connectivity index is 1.25. The second-order valence-electron chi connectivity index (χ2n) is 12.3. The minimum absolute atomic E-state index is 0.00735. The van der Waals surface area contributed by atoms with Gasteiger partial charge >= 0.3 is 0 Å². The van der Waals surface area contributed by atoms with Gasteiger partial charge in [-0.1, -0.05) is 104 Å².